The zero-order chi connectivity index (χ0) is 29.8. The third-order valence-electron chi connectivity index (χ3n) is 7.46. The highest BCUT2D eigenvalue weighted by atomic mass is 32.1. The third-order valence-corrected chi connectivity index (χ3v) is 8.38. The summed E-state index contributed by atoms with van der Waals surface area (Å²) in [4.78, 5) is 45.5. The van der Waals surface area contributed by atoms with E-state index in [1.165, 1.54) is 4.90 Å². The maximum atomic E-state index is 13.8. The number of nitrogens with zero attached hydrogens (tertiary/aromatic N) is 1. The van der Waals surface area contributed by atoms with Crippen molar-refractivity contribution in [3.8, 4) is 10.4 Å². The number of H-pyrrole nitrogens is 1. The molecular weight excluding hydrogens is 546 g/mol. The van der Waals surface area contributed by atoms with E-state index in [2.05, 4.69) is 10.3 Å². The SMILES string of the molecule is Cc1cc(C)cc(C(=O)N(C)[C@@H](Cc2ccc(-c3cccs3)cc2)C(=O)N[C@@H](Cc2c[nH]c3ccccc23)C(=O)O)c1. The molecule has 2 aromatic heterocycles. The molecule has 214 valence electrons. The van der Waals surface area contributed by atoms with Gasteiger partial charge in [0, 0.05) is 47.4 Å². The second kappa shape index (κ2) is 12.4. The summed E-state index contributed by atoms with van der Waals surface area (Å²) in [7, 11) is 1.60. The lowest BCUT2D eigenvalue weighted by Gasteiger charge is -2.29. The number of likely N-dealkylation sites (N-methyl/N-ethyl adjacent to an activating group) is 1. The van der Waals surface area contributed by atoms with Gasteiger partial charge in [0.25, 0.3) is 5.91 Å². The maximum Gasteiger partial charge on any atom is 0.326 e. The molecule has 0 spiro atoms. The lowest BCUT2D eigenvalue weighted by molar-refractivity contribution is -0.142. The van der Waals surface area contributed by atoms with E-state index in [1.807, 2.05) is 86.0 Å². The highest BCUT2D eigenvalue weighted by molar-refractivity contribution is 7.13. The Hall–Kier alpha value is -4.69. The van der Waals surface area contributed by atoms with Crippen LogP contribution in [0.5, 0.6) is 0 Å². The number of aryl methyl sites for hydroxylation is 2. The molecule has 2 heterocycles. The molecule has 5 aromatic rings. The number of carboxylic acid groups (broad SMARTS) is 1. The van der Waals surface area contributed by atoms with Crippen molar-refractivity contribution >= 4 is 40.0 Å². The molecule has 0 fully saturated rings. The number of rotatable bonds is 10. The van der Waals surface area contributed by atoms with Gasteiger partial charge >= 0.3 is 5.97 Å². The van der Waals surface area contributed by atoms with Gasteiger partial charge in [-0.3, -0.25) is 9.59 Å². The van der Waals surface area contributed by atoms with Gasteiger partial charge in [-0.25, -0.2) is 4.79 Å². The van der Waals surface area contributed by atoms with Gasteiger partial charge in [0.1, 0.15) is 12.1 Å². The summed E-state index contributed by atoms with van der Waals surface area (Å²) < 4.78 is 0. The molecule has 0 aliphatic rings. The zero-order valence-corrected chi connectivity index (χ0v) is 24.6. The fourth-order valence-corrected chi connectivity index (χ4v) is 6.04. The Kier molecular flexibility index (Phi) is 8.54. The first-order valence-electron chi connectivity index (χ1n) is 13.8. The average Bonchev–Trinajstić information content (AvgIpc) is 3.65. The number of benzene rings is 3. The molecule has 0 unspecified atom stereocenters. The van der Waals surface area contributed by atoms with Crippen LogP contribution in [-0.4, -0.2) is 51.9 Å². The Morgan fingerprint density at radius 2 is 1.64 bits per heavy atom. The molecule has 3 aromatic carbocycles. The summed E-state index contributed by atoms with van der Waals surface area (Å²) in [6, 6.07) is 23.0. The number of aromatic amines is 1. The minimum atomic E-state index is -1.18. The van der Waals surface area contributed by atoms with E-state index >= 15 is 0 Å². The van der Waals surface area contributed by atoms with Crippen molar-refractivity contribution in [1.29, 1.82) is 0 Å². The van der Waals surface area contributed by atoms with Crippen LogP contribution in [0.1, 0.15) is 32.6 Å². The van der Waals surface area contributed by atoms with Gasteiger partial charge in [0.15, 0.2) is 0 Å². The number of fused-ring (bicyclic) bond motifs is 1. The van der Waals surface area contributed by atoms with Gasteiger partial charge in [0.2, 0.25) is 5.91 Å². The van der Waals surface area contributed by atoms with E-state index in [0.29, 0.717) is 5.56 Å². The first kappa shape index (κ1) is 28.8. The van der Waals surface area contributed by atoms with Crippen molar-refractivity contribution in [3.63, 3.8) is 0 Å². The van der Waals surface area contributed by atoms with Gasteiger partial charge in [-0.15, -0.1) is 11.3 Å². The second-order valence-electron chi connectivity index (χ2n) is 10.6. The second-order valence-corrected chi connectivity index (χ2v) is 11.6. The number of carbonyl (C=O) groups excluding carboxylic acids is 2. The Morgan fingerprint density at radius 3 is 2.31 bits per heavy atom. The van der Waals surface area contributed by atoms with Crippen LogP contribution in [0.25, 0.3) is 21.3 Å². The Morgan fingerprint density at radius 1 is 0.929 bits per heavy atom. The summed E-state index contributed by atoms with van der Waals surface area (Å²) in [6.45, 7) is 3.84. The minimum absolute atomic E-state index is 0.0993. The lowest BCUT2D eigenvalue weighted by Crippen LogP contribution is -2.53. The van der Waals surface area contributed by atoms with E-state index in [9.17, 15) is 19.5 Å². The van der Waals surface area contributed by atoms with Crippen molar-refractivity contribution in [3.05, 3.63) is 118 Å². The van der Waals surface area contributed by atoms with E-state index in [-0.39, 0.29) is 18.7 Å². The molecular formula is C34H33N3O4S. The molecule has 2 atom stereocenters. The van der Waals surface area contributed by atoms with Gasteiger partial charge in [0.05, 0.1) is 0 Å². The maximum absolute atomic E-state index is 13.8. The molecule has 2 amide bonds. The Labute approximate surface area is 248 Å². The lowest BCUT2D eigenvalue weighted by atomic mass is 9.99. The molecule has 8 heteroatoms. The molecule has 0 saturated heterocycles. The largest absolute Gasteiger partial charge is 0.480 e. The third kappa shape index (κ3) is 6.44. The molecule has 0 saturated carbocycles. The normalized spacial score (nSPS) is 12.5. The number of aliphatic carboxylic acids is 1. The Bertz CT molecular complexity index is 1700. The van der Waals surface area contributed by atoms with Crippen LogP contribution in [0.3, 0.4) is 0 Å². The van der Waals surface area contributed by atoms with Gasteiger partial charge in [-0.05, 0) is 60.2 Å². The quantitative estimate of drug-likeness (QED) is 0.189. The van der Waals surface area contributed by atoms with Crippen molar-refractivity contribution in [2.75, 3.05) is 7.05 Å². The highest BCUT2D eigenvalue weighted by Crippen LogP contribution is 2.26. The van der Waals surface area contributed by atoms with Crippen LogP contribution in [-0.2, 0) is 22.4 Å². The molecule has 7 nitrogen and oxygen atoms in total. The van der Waals surface area contributed by atoms with E-state index in [0.717, 1.165) is 43.6 Å². The summed E-state index contributed by atoms with van der Waals surface area (Å²) >= 11 is 1.65. The van der Waals surface area contributed by atoms with Crippen LogP contribution in [0, 0.1) is 13.8 Å². The van der Waals surface area contributed by atoms with E-state index in [1.54, 1.807) is 36.7 Å². The first-order chi connectivity index (χ1) is 20.2. The van der Waals surface area contributed by atoms with Crippen LogP contribution < -0.4 is 5.32 Å². The number of thiophene rings is 1. The number of amides is 2. The van der Waals surface area contributed by atoms with E-state index in [4.69, 9.17) is 0 Å². The molecule has 0 aliphatic carbocycles. The summed E-state index contributed by atoms with van der Waals surface area (Å²) in [5, 5.41) is 15.7. The number of hydrogen-bond donors (Lipinski definition) is 3. The van der Waals surface area contributed by atoms with Crippen LogP contribution in [0.15, 0.2) is 90.4 Å². The minimum Gasteiger partial charge on any atom is -0.480 e. The number of carboxylic acids is 1. The van der Waals surface area contributed by atoms with Crippen molar-refractivity contribution in [2.24, 2.45) is 0 Å². The fourth-order valence-electron chi connectivity index (χ4n) is 5.31. The van der Waals surface area contributed by atoms with Crippen molar-refractivity contribution in [2.45, 2.75) is 38.8 Å². The highest BCUT2D eigenvalue weighted by Gasteiger charge is 2.32. The number of carbonyl (C=O) groups is 3. The molecule has 0 aliphatic heterocycles. The smallest absolute Gasteiger partial charge is 0.326 e. The van der Waals surface area contributed by atoms with Crippen LogP contribution in [0.2, 0.25) is 0 Å². The molecule has 5 rings (SSSR count). The molecule has 3 N–H and O–H groups in total. The van der Waals surface area contributed by atoms with E-state index < -0.39 is 24.0 Å². The number of hydrogen-bond acceptors (Lipinski definition) is 4. The predicted molar refractivity (Wildman–Crippen MR) is 167 cm³/mol. The number of para-hydroxylation sites is 1. The Balaban J connectivity index is 1.42. The fraction of sp³-hybridized carbons (Fsp3) is 0.206. The van der Waals surface area contributed by atoms with Gasteiger partial charge in [-0.1, -0.05) is 65.7 Å². The topological polar surface area (TPSA) is 103 Å². The van der Waals surface area contributed by atoms with Crippen molar-refractivity contribution in [1.82, 2.24) is 15.2 Å². The summed E-state index contributed by atoms with van der Waals surface area (Å²) in [5.41, 5.74) is 5.99. The van der Waals surface area contributed by atoms with Gasteiger partial charge in [-0.2, -0.15) is 0 Å². The predicted octanol–water partition coefficient (Wildman–Crippen LogP) is 6.01. The van der Waals surface area contributed by atoms with Gasteiger partial charge < -0.3 is 20.3 Å². The van der Waals surface area contributed by atoms with Crippen LogP contribution >= 0.6 is 11.3 Å². The number of nitrogens with one attached hydrogen (secondary N) is 2. The average molecular weight is 580 g/mol. The first-order valence-corrected chi connectivity index (χ1v) is 14.6. The van der Waals surface area contributed by atoms with Crippen LogP contribution in [0.4, 0.5) is 0 Å². The monoisotopic (exact) mass is 579 g/mol. The standard InChI is InChI=1S/C34H33N3O4S/c1-21-15-22(2)17-25(16-21)33(39)37(3)30(18-23-10-12-24(13-11-23)31-9-6-14-42-31)32(38)36-29(34(40)41)19-26-20-35-28-8-5-4-7-27(26)28/h4-17,20,29-30,35H,18-19H2,1-3H3,(H,36,38)(H,40,41)/t29-,30-/m0/s1. The zero-order valence-electron chi connectivity index (χ0n) is 23.8. The molecule has 0 bridgehead atoms. The summed E-state index contributed by atoms with van der Waals surface area (Å²) in [6.07, 6.45) is 2.10. The number of aromatic nitrogens is 1. The van der Waals surface area contributed by atoms with Crippen molar-refractivity contribution < 1.29 is 19.5 Å². The summed E-state index contributed by atoms with van der Waals surface area (Å²) in [5.74, 6) is -1.97. The molecule has 0 radical (unpaired) electrons. The molecule has 42 heavy (non-hydrogen) atoms.